The maximum absolute atomic E-state index is 12.1. The van der Waals surface area contributed by atoms with Gasteiger partial charge in [-0.05, 0) is 55.6 Å². The zero-order valence-electron chi connectivity index (χ0n) is 16.8. The summed E-state index contributed by atoms with van der Waals surface area (Å²) in [5.41, 5.74) is 2.87. The van der Waals surface area contributed by atoms with Gasteiger partial charge in [-0.15, -0.1) is 0 Å². The summed E-state index contributed by atoms with van der Waals surface area (Å²) in [6, 6.07) is 16.1. The van der Waals surface area contributed by atoms with E-state index in [-0.39, 0.29) is 18.4 Å². The molecule has 2 N–H and O–H groups in total. The van der Waals surface area contributed by atoms with Crippen LogP contribution in [0.25, 0.3) is 0 Å². The Kier molecular flexibility index (Phi) is 7.83. The first-order chi connectivity index (χ1) is 14.0. The van der Waals surface area contributed by atoms with Gasteiger partial charge in [0.1, 0.15) is 0 Å². The van der Waals surface area contributed by atoms with E-state index < -0.39 is 0 Å². The third-order valence-electron chi connectivity index (χ3n) is 5.34. The van der Waals surface area contributed by atoms with Crippen molar-refractivity contribution in [3.63, 3.8) is 0 Å². The van der Waals surface area contributed by atoms with Gasteiger partial charge in [0.15, 0.2) is 0 Å². The van der Waals surface area contributed by atoms with Crippen molar-refractivity contribution in [2.24, 2.45) is 0 Å². The van der Waals surface area contributed by atoms with Gasteiger partial charge in [-0.2, -0.15) is 0 Å². The Morgan fingerprint density at radius 3 is 2.55 bits per heavy atom. The Balaban J connectivity index is 1.41. The van der Waals surface area contributed by atoms with Crippen molar-refractivity contribution >= 4 is 27.7 Å². The molecule has 2 aromatic carbocycles. The predicted octanol–water partition coefficient (Wildman–Crippen LogP) is 3.87. The average Bonchev–Trinajstić information content (AvgIpc) is 2.73. The molecule has 29 heavy (non-hydrogen) atoms. The summed E-state index contributed by atoms with van der Waals surface area (Å²) in [4.78, 5) is 26.7. The van der Waals surface area contributed by atoms with Crippen molar-refractivity contribution in [2.45, 2.75) is 45.3 Å². The number of likely N-dealkylation sites (tertiary alicyclic amines) is 1. The summed E-state index contributed by atoms with van der Waals surface area (Å²) in [6.45, 7) is 4.86. The Hall–Kier alpha value is -2.18. The van der Waals surface area contributed by atoms with Crippen LogP contribution in [-0.2, 0) is 17.9 Å². The Labute approximate surface area is 181 Å². The van der Waals surface area contributed by atoms with Crippen LogP contribution in [0.4, 0.5) is 0 Å². The van der Waals surface area contributed by atoms with Crippen LogP contribution in [0.15, 0.2) is 53.0 Å². The Bertz CT molecular complexity index is 838. The summed E-state index contributed by atoms with van der Waals surface area (Å²) in [5.74, 6) is -0.475. The molecule has 1 fully saturated rings. The molecule has 0 aromatic heterocycles. The first kappa shape index (κ1) is 21.5. The average molecular weight is 458 g/mol. The van der Waals surface area contributed by atoms with Gasteiger partial charge in [-0.25, -0.2) is 0 Å². The van der Waals surface area contributed by atoms with Gasteiger partial charge in [0.2, 0.25) is 5.91 Å². The van der Waals surface area contributed by atoms with E-state index in [2.05, 4.69) is 62.7 Å². The Morgan fingerprint density at radius 1 is 1.07 bits per heavy atom. The second-order valence-corrected chi connectivity index (χ2v) is 8.52. The van der Waals surface area contributed by atoms with E-state index in [9.17, 15) is 9.59 Å². The number of halogens is 1. The highest BCUT2D eigenvalue weighted by molar-refractivity contribution is 9.10. The lowest BCUT2D eigenvalue weighted by atomic mass is 10.0. The Morgan fingerprint density at radius 2 is 1.83 bits per heavy atom. The van der Waals surface area contributed by atoms with Gasteiger partial charge in [0, 0.05) is 29.2 Å². The molecule has 0 spiro atoms. The van der Waals surface area contributed by atoms with Crippen LogP contribution >= 0.6 is 15.9 Å². The van der Waals surface area contributed by atoms with E-state index in [0.717, 1.165) is 16.6 Å². The molecule has 0 radical (unpaired) electrons. The third kappa shape index (κ3) is 6.68. The van der Waals surface area contributed by atoms with Crippen molar-refractivity contribution in [1.82, 2.24) is 15.5 Å². The lowest BCUT2D eigenvalue weighted by Gasteiger charge is -2.33. The van der Waals surface area contributed by atoms with E-state index in [1.54, 1.807) is 18.2 Å². The standard InChI is InChI=1S/C23H28BrN3O2/c1-17-5-2-3-12-27(17)16-19-10-8-18(9-11-19)14-25-22(28)15-26-23(29)20-6-4-7-21(24)13-20/h4,6-11,13,17H,2-3,5,12,14-16H2,1H3,(H,25,28)(H,26,29). The summed E-state index contributed by atoms with van der Waals surface area (Å²) in [5, 5.41) is 5.50. The van der Waals surface area contributed by atoms with Crippen molar-refractivity contribution in [2.75, 3.05) is 13.1 Å². The molecule has 0 bridgehead atoms. The molecule has 1 atom stereocenters. The van der Waals surface area contributed by atoms with Crippen LogP contribution in [0.2, 0.25) is 0 Å². The minimum absolute atomic E-state index is 0.0454. The number of amides is 2. The van der Waals surface area contributed by atoms with Crippen molar-refractivity contribution in [1.29, 1.82) is 0 Å². The number of nitrogens with zero attached hydrogens (tertiary/aromatic N) is 1. The lowest BCUT2D eigenvalue weighted by Crippen LogP contribution is -2.37. The number of hydrogen-bond donors (Lipinski definition) is 2. The van der Waals surface area contributed by atoms with Crippen molar-refractivity contribution in [3.05, 3.63) is 69.7 Å². The highest BCUT2D eigenvalue weighted by atomic mass is 79.9. The second-order valence-electron chi connectivity index (χ2n) is 7.60. The molecule has 1 saturated heterocycles. The van der Waals surface area contributed by atoms with E-state index in [4.69, 9.17) is 0 Å². The fourth-order valence-electron chi connectivity index (χ4n) is 3.55. The maximum Gasteiger partial charge on any atom is 0.251 e. The molecule has 0 aliphatic carbocycles. The lowest BCUT2D eigenvalue weighted by molar-refractivity contribution is -0.120. The number of benzene rings is 2. The van der Waals surface area contributed by atoms with Gasteiger partial charge in [-0.3, -0.25) is 14.5 Å². The van der Waals surface area contributed by atoms with Gasteiger partial charge in [-0.1, -0.05) is 52.7 Å². The van der Waals surface area contributed by atoms with Crippen LogP contribution in [0.1, 0.15) is 47.7 Å². The fourth-order valence-corrected chi connectivity index (χ4v) is 3.94. The van der Waals surface area contributed by atoms with Crippen LogP contribution in [-0.4, -0.2) is 35.8 Å². The minimum Gasteiger partial charge on any atom is -0.350 e. The molecule has 1 aliphatic heterocycles. The predicted molar refractivity (Wildman–Crippen MR) is 118 cm³/mol. The monoisotopic (exact) mass is 457 g/mol. The first-order valence-corrected chi connectivity index (χ1v) is 10.9. The van der Waals surface area contributed by atoms with E-state index in [1.807, 2.05) is 6.07 Å². The SMILES string of the molecule is CC1CCCCN1Cc1ccc(CNC(=O)CNC(=O)c2cccc(Br)c2)cc1. The number of hydrogen-bond acceptors (Lipinski definition) is 3. The normalized spacial score (nSPS) is 17.0. The summed E-state index contributed by atoms with van der Waals surface area (Å²) in [7, 11) is 0. The molecule has 6 heteroatoms. The number of carbonyl (C=O) groups is 2. The van der Waals surface area contributed by atoms with Crippen LogP contribution in [0.5, 0.6) is 0 Å². The number of nitrogens with one attached hydrogen (secondary N) is 2. The van der Waals surface area contributed by atoms with Crippen LogP contribution < -0.4 is 10.6 Å². The third-order valence-corrected chi connectivity index (χ3v) is 5.83. The van der Waals surface area contributed by atoms with Crippen LogP contribution in [0.3, 0.4) is 0 Å². The zero-order valence-corrected chi connectivity index (χ0v) is 18.4. The first-order valence-electron chi connectivity index (χ1n) is 10.1. The maximum atomic E-state index is 12.1. The highest BCUT2D eigenvalue weighted by Crippen LogP contribution is 2.19. The number of carbonyl (C=O) groups excluding carboxylic acids is 2. The minimum atomic E-state index is -0.266. The number of rotatable bonds is 7. The highest BCUT2D eigenvalue weighted by Gasteiger charge is 2.18. The molecule has 154 valence electrons. The summed E-state index contributed by atoms with van der Waals surface area (Å²) in [6.07, 6.45) is 3.90. The summed E-state index contributed by atoms with van der Waals surface area (Å²) < 4.78 is 0.827. The van der Waals surface area contributed by atoms with Gasteiger partial charge < -0.3 is 10.6 Å². The molecule has 3 rings (SSSR count). The van der Waals surface area contributed by atoms with Crippen LogP contribution in [0, 0.1) is 0 Å². The van der Waals surface area contributed by atoms with Gasteiger partial charge in [0.25, 0.3) is 5.91 Å². The van der Waals surface area contributed by atoms with Gasteiger partial charge in [0.05, 0.1) is 6.54 Å². The smallest absolute Gasteiger partial charge is 0.251 e. The molecule has 0 saturated carbocycles. The molecule has 5 nitrogen and oxygen atoms in total. The molecule has 1 unspecified atom stereocenters. The van der Waals surface area contributed by atoms with E-state index >= 15 is 0 Å². The van der Waals surface area contributed by atoms with Crippen molar-refractivity contribution in [3.8, 4) is 0 Å². The topological polar surface area (TPSA) is 61.4 Å². The quantitative estimate of drug-likeness (QED) is 0.663. The van der Waals surface area contributed by atoms with E-state index in [0.29, 0.717) is 18.2 Å². The van der Waals surface area contributed by atoms with Crippen molar-refractivity contribution < 1.29 is 9.59 Å². The largest absolute Gasteiger partial charge is 0.350 e. The molecule has 1 aliphatic rings. The number of piperidine rings is 1. The molecule has 1 heterocycles. The molecule has 2 aromatic rings. The van der Waals surface area contributed by atoms with Gasteiger partial charge >= 0.3 is 0 Å². The fraction of sp³-hybridized carbons (Fsp3) is 0.391. The molecular formula is C23H28BrN3O2. The second kappa shape index (κ2) is 10.6. The molecule has 2 amide bonds. The summed E-state index contributed by atoms with van der Waals surface area (Å²) >= 11 is 3.33. The molecular weight excluding hydrogens is 430 g/mol. The van der Waals surface area contributed by atoms with E-state index in [1.165, 1.54) is 31.4 Å². The zero-order chi connectivity index (χ0) is 20.6.